The number of hydrazine groups is 1. The van der Waals surface area contributed by atoms with Crippen LogP contribution < -0.4 is 11.3 Å². The monoisotopic (exact) mass is 289 g/mol. The second kappa shape index (κ2) is 6.91. The largest absolute Gasteiger partial charge is 0.296 e. The van der Waals surface area contributed by atoms with Crippen molar-refractivity contribution in [2.45, 2.75) is 65.0 Å². The van der Waals surface area contributed by atoms with Crippen molar-refractivity contribution in [2.75, 3.05) is 13.1 Å². The fourth-order valence-electron chi connectivity index (χ4n) is 4.31. The molecule has 1 aliphatic rings. The fourth-order valence-corrected chi connectivity index (χ4v) is 4.31. The molecule has 1 aromatic carbocycles. The van der Waals surface area contributed by atoms with Gasteiger partial charge in [-0.3, -0.25) is 16.2 Å². The van der Waals surface area contributed by atoms with Crippen molar-refractivity contribution in [3.05, 3.63) is 34.9 Å². The first-order valence-corrected chi connectivity index (χ1v) is 8.37. The van der Waals surface area contributed by atoms with E-state index in [2.05, 4.69) is 56.2 Å². The molecule has 0 saturated heterocycles. The van der Waals surface area contributed by atoms with Gasteiger partial charge in [0.2, 0.25) is 0 Å². The molecule has 3 heteroatoms. The molecule has 21 heavy (non-hydrogen) atoms. The lowest BCUT2D eigenvalue weighted by molar-refractivity contribution is 0.0624. The summed E-state index contributed by atoms with van der Waals surface area (Å²) in [4.78, 5) is 2.61. The molecular formula is C18H31N3. The van der Waals surface area contributed by atoms with Crippen LogP contribution in [0.15, 0.2) is 18.2 Å². The van der Waals surface area contributed by atoms with E-state index in [1.54, 1.807) is 0 Å². The smallest absolute Gasteiger partial charge is 0.0646 e. The number of hydrogen-bond acceptors (Lipinski definition) is 3. The Balaban J connectivity index is 2.45. The Morgan fingerprint density at radius 3 is 2.29 bits per heavy atom. The average molecular weight is 289 g/mol. The minimum absolute atomic E-state index is 0.165. The summed E-state index contributed by atoms with van der Waals surface area (Å²) in [5, 5.41) is 0. The summed E-state index contributed by atoms with van der Waals surface area (Å²) >= 11 is 0. The normalized spacial score (nSPS) is 19.1. The van der Waals surface area contributed by atoms with Crippen LogP contribution in [0.25, 0.3) is 0 Å². The third kappa shape index (κ3) is 3.01. The van der Waals surface area contributed by atoms with Crippen LogP contribution in [0.4, 0.5) is 0 Å². The van der Waals surface area contributed by atoms with Crippen molar-refractivity contribution in [2.24, 2.45) is 5.84 Å². The zero-order valence-corrected chi connectivity index (χ0v) is 14.1. The van der Waals surface area contributed by atoms with Crippen molar-refractivity contribution in [3.63, 3.8) is 0 Å². The van der Waals surface area contributed by atoms with Gasteiger partial charge in [0.05, 0.1) is 6.04 Å². The van der Waals surface area contributed by atoms with E-state index in [0.29, 0.717) is 0 Å². The lowest BCUT2D eigenvalue weighted by Gasteiger charge is -2.46. The highest BCUT2D eigenvalue weighted by atomic mass is 15.3. The zero-order chi connectivity index (χ0) is 15.5. The van der Waals surface area contributed by atoms with Crippen molar-refractivity contribution in [1.82, 2.24) is 10.3 Å². The number of benzene rings is 1. The van der Waals surface area contributed by atoms with Gasteiger partial charge in [-0.1, -0.05) is 50.5 Å². The molecule has 1 aliphatic carbocycles. The summed E-state index contributed by atoms with van der Waals surface area (Å²) in [6.45, 7) is 11.0. The van der Waals surface area contributed by atoms with Crippen LogP contribution in [0, 0.1) is 13.8 Å². The number of hydrogen-bond donors (Lipinski definition) is 2. The molecule has 0 bridgehead atoms. The first kappa shape index (κ1) is 16.5. The minimum Gasteiger partial charge on any atom is -0.296 e. The topological polar surface area (TPSA) is 41.3 Å². The van der Waals surface area contributed by atoms with Gasteiger partial charge in [-0.15, -0.1) is 0 Å². The third-order valence-corrected chi connectivity index (χ3v) is 5.30. The standard InChI is InChI=1S/C18H31N3/c1-5-21(6-2)18(11-7-8-12-18)17(20-19)16-10-9-14(3)13-15(16)4/h9-10,13,17,20H,5-8,11-12,19H2,1-4H3. The van der Waals surface area contributed by atoms with Crippen LogP contribution in [-0.4, -0.2) is 23.5 Å². The Morgan fingerprint density at radius 2 is 1.81 bits per heavy atom. The molecule has 118 valence electrons. The van der Waals surface area contributed by atoms with E-state index in [0.717, 1.165) is 13.1 Å². The molecular weight excluding hydrogens is 258 g/mol. The maximum Gasteiger partial charge on any atom is 0.0646 e. The van der Waals surface area contributed by atoms with E-state index in [1.165, 1.54) is 42.4 Å². The number of aryl methyl sites for hydroxylation is 2. The molecule has 1 unspecified atom stereocenters. The number of nitrogens with two attached hydrogens (primary N) is 1. The quantitative estimate of drug-likeness (QED) is 0.622. The molecule has 1 saturated carbocycles. The molecule has 0 aliphatic heterocycles. The highest BCUT2D eigenvalue weighted by Gasteiger charge is 2.45. The highest BCUT2D eigenvalue weighted by Crippen LogP contribution is 2.44. The lowest BCUT2D eigenvalue weighted by Crippen LogP contribution is -2.56. The second-order valence-corrected chi connectivity index (χ2v) is 6.44. The Bertz CT molecular complexity index is 460. The summed E-state index contributed by atoms with van der Waals surface area (Å²) in [5.41, 5.74) is 7.35. The molecule has 1 atom stereocenters. The number of rotatable bonds is 6. The Morgan fingerprint density at radius 1 is 1.19 bits per heavy atom. The van der Waals surface area contributed by atoms with Crippen LogP contribution >= 0.6 is 0 Å². The maximum atomic E-state index is 6.05. The summed E-state index contributed by atoms with van der Waals surface area (Å²) < 4.78 is 0. The average Bonchev–Trinajstić information content (AvgIpc) is 2.94. The highest BCUT2D eigenvalue weighted by molar-refractivity contribution is 5.35. The summed E-state index contributed by atoms with van der Waals surface area (Å²) in [6.07, 6.45) is 5.08. The molecule has 3 nitrogen and oxygen atoms in total. The lowest BCUT2D eigenvalue weighted by atomic mass is 9.80. The Hall–Kier alpha value is -0.900. The van der Waals surface area contributed by atoms with Gasteiger partial charge in [-0.2, -0.15) is 0 Å². The predicted molar refractivity (Wildman–Crippen MR) is 90.1 cm³/mol. The first-order valence-electron chi connectivity index (χ1n) is 8.37. The van der Waals surface area contributed by atoms with Crippen molar-refractivity contribution >= 4 is 0 Å². The molecule has 0 aromatic heterocycles. The van der Waals surface area contributed by atoms with Gasteiger partial charge < -0.3 is 0 Å². The number of nitrogens with one attached hydrogen (secondary N) is 1. The molecule has 0 radical (unpaired) electrons. The van der Waals surface area contributed by atoms with Crippen molar-refractivity contribution in [1.29, 1.82) is 0 Å². The van der Waals surface area contributed by atoms with E-state index < -0.39 is 0 Å². The Labute approximate surface area is 129 Å². The van der Waals surface area contributed by atoms with Crippen LogP contribution in [0.2, 0.25) is 0 Å². The van der Waals surface area contributed by atoms with Gasteiger partial charge in [0.15, 0.2) is 0 Å². The van der Waals surface area contributed by atoms with E-state index in [9.17, 15) is 0 Å². The molecule has 1 fully saturated rings. The zero-order valence-electron chi connectivity index (χ0n) is 14.1. The van der Waals surface area contributed by atoms with Gasteiger partial charge in [0, 0.05) is 5.54 Å². The Kier molecular flexibility index (Phi) is 5.42. The molecule has 0 spiro atoms. The number of likely N-dealkylation sites (N-methyl/N-ethyl adjacent to an activating group) is 1. The maximum absolute atomic E-state index is 6.05. The van der Waals surface area contributed by atoms with E-state index >= 15 is 0 Å². The molecule has 1 aromatic rings. The van der Waals surface area contributed by atoms with Crippen LogP contribution in [0.3, 0.4) is 0 Å². The van der Waals surface area contributed by atoms with Crippen molar-refractivity contribution in [3.8, 4) is 0 Å². The van der Waals surface area contributed by atoms with Crippen LogP contribution in [-0.2, 0) is 0 Å². The second-order valence-electron chi connectivity index (χ2n) is 6.44. The minimum atomic E-state index is 0.165. The summed E-state index contributed by atoms with van der Waals surface area (Å²) in [7, 11) is 0. The van der Waals surface area contributed by atoms with Crippen LogP contribution in [0.5, 0.6) is 0 Å². The summed E-state index contributed by atoms with van der Waals surface area (Å²) in [6, 6.07) is 6.95. The predicted octanol–water partition coefficient (Wildman–Crippen LogP) is 3.46. The van der Waals surface area contributed by atoms with E-state index in [-0.39, 0.29) is 11.6 Å². The fraction of sp³-hybridized carbons (Fsp3) is 0.667. The molecule has 0 amide bonds. The molecule has 0 heterocycles. The SMILES string of the molecule is CCN(CC)C1(C(NN)c2ccc(C)cc2C)CCCC1. The van der Waals surface area contributed by atoms with E-state index in [1.807, 2.05) is 0 Å². The number of nitrogens with zero attached hydrogens (tertiary/aromatic N) is 1. The van der Waals surface area contributed by atoms with Gasteiger partial charge in [0.25, 0.3) is 0 Å². The van der Waals surface area contributed by atoms with Gasteiger partial charge in [-0.25, -0.2) is 0 Å². The van der Waals surface area contributed by atoms with Crippen LogP contribution in [0.1, 0.15) is 62.3 Å². The molecule has 2 rings (SSSR count). The van der Waals surface area contributed by atoms with Gasteiger partial charge in [-0.05, 0) is 50.9 Å². The first-order chi connectivity index (χ1) is 10.1. The van der Waals surface area contributed by atoms with Crippen molar-refractivity contribution < 1.29 is 0 Å². The van der Waals surface area contributed by atoms with Gasteiger partial charge in [0.1, 0.15) is 0 Å². The van der Waals surface area contributed by atoms with E-state index in [4.69, 9.17) is 5.84 Å². The van der Waals surface area contributed by atoms with Gasteiger partial charge >= 0.3 is 0 Å². The molecule has 3 N–H and O–H groups in total. The third-order valence-electron chi connectivity index (χ3n) is 5.30. The summed E-state index contributed by atoms with van der Waals surface area (Å²) in [5.74, 6) is 6.05.